The van der Waals surface area contributed by atoms with Crippen LogP contribution in [-0.4, -0.2) is 68.9 Å². The lowest BCUT2D eigenvalue weighted by molar-refractivity contribution is -0.152. The molecule has 0 fully saturated rings. The number of benzene rings is 1. The predicted molar refractivity (Wildman–Crippen MR) is 92.7 cm³/mol. The fourth-order valence-corrected chi connectivity index (χ4v) is 2.68. The molecule has 24 heavy (non-hydrogen) atoms. The summed E-state index contributed by atoms with van der Waals surface area (Å²) in [6.45, 7) is 3.09. The first-order valence-corrected chi connectivity index (χ1v) is 8.85. The van der Waals surface area contributed by atoms with Crippen molar-refractivity contribution in [2.45, 2.75) is 48.4 Å². The van der Waals surface area contributed by atoms with Gasteiger partial charge < -0.3 is 30.3 Å². The Kier molecular flexibility index (Phi) is 9.53. The third kappa shape index (κ3) is 6.18. The third-order valence-electron chi connectivity index (χ3n) is 3.66. The van der Waals surface area contributed by atoms with Crippen LogP contribution in [0.4, 0.5) is 0 Å². The largest absolute Gasteiger partial charge is 0.394 e. The highest BCUT2D eigenvalue weighted by molar-refractivity contribution is 7.98. The smallest absolute Gasteiger partial charge is 0.111 e. The van der Waals surface area contributed by atoms with Gasteiger partial charge in [0.2, 0.25) is 0 Å². The zero-order valence-corrected chi connectivity index (χ0v) is 14.5. The van der Waals surface area contributed by atoms with Gasteiger partial charge in [0.15, 0.2) is 0 Å². The molecule has 0 saturated carbocycles. The zero-order chi connectivity index (χ0) is 18.1. The standard InChI is InChI=1S/C17H26O6S/c1-3-5-14(16(21)17(22)15(20)13(19)9-18)23-10-11-6-4-7-12(8-11)24-2/h3-4,6-8,13-22H,1,5,9-10H2,2H3. The third-order valence-corrected chi connectivity index (χ3v) is 4.38. The van der Waals surface area contributed by atoms with E-state index >= 15 is 0 Å². The Bertz CT molecular complexity index is 498. The summed E-state index contributed by atoms with van der Waals surface area (Å²) in [6.07, 6.45) is -3.38. The molecule has 5 unspecified atom stereocenters. The van der Waals surface area contributed by atoms with E-state index in [1.54, 1.807) is 11.8 Å². The fraction of sp³-hybridized carbons (Fsp3) is 0.529. The van der Waals surface area contributed by atoms with Crippen molar-refractivity contribution in [2.75, 3.05) is 12.9 Å². The summed E-state index contributed by atoms with van der Waals surface area (Å²) in [5.74, 6) is 0. The second kappa shape index (κ2) is 10.8. The van der Waals surface area contributed by atoms with Crippen LogP contribution in [0, 0.1) is 0 Å². The minimum atomic E-state index is -1.68. The molecule has 0 aliphatic carbocycles. The summed E-state index contributed by atoms with van der Waals surface area (Å²) < 4.78 is 5.67. The molecule has 0 aromatic heterocycles. The van der Waals surface area contributed by atoms with Gasteiger partial charge >= 0.3 is 0 Å². The van der Waals surface area contributed by atoms with Crippen molar-refractivity contribution >= 4 is 11.8 Å². The lowest BCUT2D eigenvalue weighted by Gasteiger charge is -2.30. The monoisotopic (exact) mass is 358 g/mol. The van der Waals surface area contributed by atoms with Gasteiger partial charge in [-0.1, -0.05) is 18.2 Å². The molecule has 0 saturated heterocycles. The number of aliphatic hydroxyl groups excluding tert-OH is 5. The van der Waals surface area contributed by atoms with E-state index in [9.17, 15) is 20.4 Å². The maximum Gasteiger partial charge on any atom is 0.111 e. The molecule has 1 aromatic carbocycles. The molecule has 7 heteroatoms. The summed E-state index contributed by atoms with van der Waals surface area (Å²) in [7, 11) is 0. The first-order chi connectivity index (χ1) is 11.4. The average Bonchev–Trinajstić information content (AvgIpc) is 2.62. The molecule has 5 N–H and O–H groups in total. The Morgan fingerprint density at radius 1 is 1.17 bits per heavy atom. The van der Waals surface area contributed by atoms with Gasteiger partial charge in [-0.25, -0.2) is 0 Å². The van der Waals surface area contributed by atoms with Gasteiger partial charge in [0.05, 0.1) is 19.3 Å². The molecule has 1 rings (SSSR count). The number of aliphatic hydroxyl groups is 5. The predicted octanol–water partition coefficient (Wildman–Crippen LogP) is 0.306. The van der Waals surface area contributed by atoms with Gasteiger partial charge in [0, 0.05) is 4.90 Å². The molecule has 136 valence electrons. The van der Waals surface area contributed by atoms with Crippen LogP contribution in [0.25, 0.3) is 0 Å². The van der Waals surface area contributed by atoms with Crippen LogP contribution in [-0.2, 0) is 11.3 Å². The SMILES string of the molecule is C=CCC(OCc1cccc(SC)c1)C(O)C(O)C(O)C(O)CO. The van der Waals surface area contributed by atoms with Crippen molar-refractivity contribution in [3.05, 3.63) is 42.5 Å². The minimum Gasteiger partial charge on any atom is -0.394 e. The Morgan fingerprint density at radius 2 is 1.88 bits per heavy atom. The molecular formula is C17H26O6S. The molecule has 0 aliphatic heterocycles. The van der Waals surface area contributed by atoms with Crippen molar-refractivity contribution in [3.63, 3.8) is 0 Å². The number of rotatable bonds is 11. The van der Waals surface area contributed by atoms with E-state index in [0.717, 1.165) is 10.5 Å². The maximum atomic E-state index is 10.2. The van der Waals surface area contributed by atoms with E-state index in [-0.39, 0.29) is 13.0 Å². The van der Waals surface area contributed by atoms with Gasteiger partial charge in [0.25, 0.3) is 0 Å². The molecule has 0 heterocycles. The normalized spacial score (nSPS) is 17.8. The van der Waals surface area contributed by atoms with E-state index in [1.165, 1.54) is 6.08 Å². The van der Waals surface area contributed by atoms with E-state index in [4.69, 9.17) is 9.84 Å². The van der Waals surface area contributed by atoms with Crippen LogP contribution in [0.3, 0.4) is 0 Å². The molecule has 5 atom stereocenters. The highest BCUT2D eigenvalue weighted by Gasteiger charge is 2.34. The van der Waals surface area contributed by atoms with Crippen molar-refractivity contribution in [1.82, 2.24) is 0 Å². The molecule has 0 bridgehead atoms. The summed E-state index contributed by atoms with van der Waals surface area (Å²) in [5.41, 5.74) is 0.911. The average molecular weight is 358 g/mol. The number of ether oxygens (including phenoxy) is 1. The molecular weight excluding hydrogens is 332 g/mol. The van der Waals surface area contributed by atoms with Crippen LogP contribution in [0.15, 0.2) is 41.8 Å². The van der Waals surface area contributed by atoms with E-state index in [2.05, 4.69) is 6.58 Å². The van der Waals surface area contributed by atoms with Crippen LogP contribution in [0.2, 0.25) is 0 Å². The summed E-state index contributed by atoms with van der Waals surface area (Å²) in [5, 5.41) is 48.1. The zero-order valence-electron chi connectivity index (χ0n) is 13.7. The summed E-state index contributed by atoms with van der Waals surface area (Å²) in [6, 6.07) is 7.72. The second-order valence-corrected chi connectivity index (χ2v) is 6.33. The highest BCUT2D eigenvalue weighted by Crippen LogP contribution is 2.19. The fourth-order valence-electron chi connectivity index (χ4n) is 2.19. The Labute approximate surface area is 146 Å². The Balaban J connectivity index is 2.72. The van der Waals surface area contributed by atoms with Gasteiger partial charge in [0.1, 0.15) is 24.4 Å². The van der Waals surface area contributed by atoms with E-state index in [1.807, 2.05) is 30.5 Å². The molecule has 0 amide bonds. The van der Waals surface area contributed by atoms with Crippen LogP contribution in [0.5, 0.6) is 0 Å². The van der Waals surface area contributed by atoms with Crippen molar-refractivity contribution in [3.8, 4) is 0 Å². The summed E-state index contributed by atoms with van der Waals surface area (Å²) >= 11 is 1.60. The Morgan fingerprint density at radius 3 is 2.46 bits per heavy atom. The summed E-state index contributed by atoms with van der Waals surface area (Å²) in [4.78, 5) is 1.08. The first-order valence-electron chi connectivity index (χ1n) is 7.63. The van der Waals surface area contributed by atoms with Gasteiger partial charge in [-0.2, -0.15) is 0 Å². The lowest BCUT2D eigenvalue weighted by atomic mass is 9.97. The topological polar surface area (TPSA) is 110 Å². The van der Waals surface area contributed by atoms with Crippen LogP contribution >= 0.6 is 11.8 Å². The minimum absolute atomic E-state index is 0.218. The molecule has 1 aromatic rings. The number of hydrogen-bond donors (Lipinski definition) is 5. The lowest BCUT2D eigenvalue weighted by Crippen LogP contribution is -2.50. The van der Waals surface area contributed by atoms with E-state index in [0.29, 0.717) is 0 Å². The van der Waals surface area contributed by atoms with Crippen LogP contribution < -0.4 is 0 Å². The highest BCUT2D eigenvalue weighted by atomic mass is 32.2. The molecule has 0 radical (unpaired) electrons. The van der Waals surface area contributed by atoms with Gasteiger partial charge in [-0.05, 0) is 30.4 Å². The first kappa shape index (κ1) is 21.1. The molecule has 0 spiro atoms. The van der Waals surface area contributed by atoms with Gasteiger partial charge in [-0.3, -0.25) is 0 Å². The number of thioether (sulfide) groups is 1. The Hall–Kier alpha value is -0.930. The van der Waals surface area contributed by atoms with Crippen molar-refractivity contribution in [1.29, 1.82) is 0 Å². The van der Waals surface area contributed by atoms with Crippen molar-refractivity contribution < 1.29 is 30.3 Å². The van der Waals surface area contributed by atoms with E-state index < -0.39 is 37.1 Å². The molecule has 0 aliphatic rings. The van der Waals surface area contributed by atoms with Crippen LogP contribution in [0.1, 0.15) is 12.0 Å². The quantitative estimate of drug-likeness (QED) is 0.286. The second-order valence-electron chi connectivity index (χ2n) is 5.45. The van der Waals surface area contributed by atoms with Crippen molar-refractivity contribution in [2.24, 2.45) is 0 Å². The molecule has 6 nitrogen and oxygen atoms in total. The van der Waals surface area contributed by atoms with Gasteiger partial charge in [-0.15, -0.1) is 18.3 Å². The number of hydrogen-bond acceptors (Lipinski definition) is 7. The maximum absolute atomic E-state index is 10.2.